The fraction of sp³-hybridized carbons (Fsp3) is 0.643. The van der Waals surface area contributed by atoms with E-state index in [9.17, 15) is 0 Å². The Morgan fingerprint density at radius 2 is 1.41 bits per heavy atom. The molecule has 0 amide bonds. The van der Waals surface area contributed by atoms with Crippen molar-refractivity contribution in [3.8, 4) is 0 Å². The van der Waals surface area contributed by atoms with Crippen LogP contribution < -0.4 is 0 Å². The van der Waals surface area contributed by atoms with Crippen LogP contribution in [-0.4, -0.2) is 6.61 Å². The van der Waals surface area contributed by atoms with Crippen LogP contribution in [0.4, 0.5) is 0 Å². The highest BCUT2D eigenvalue weighted by Crippen LogP contribution is 2.44. The van der Waals surface area contributed by atoms with E-state index in [1.54, 1.807) is 5.56 Å². The van der Waals surface area contributed by atoms with Gasteiger partial charge >= 0.3 is 0 Å². The number of benzene rings is 1. The van der Waals surface area contributed by atoms with Crippen molar-refractivity contribution in [1.82, 2.24) is 0 Å². The molecule has 0 saturated heterocycles. The van der Waals surface area contributed by atoms with E-state index in [2.05, 4.69) is 49.4 Å². The van der Waals surface area contributed by atoms with Crippen LogP contribution in [0.1, 0.15) is 95.1 Å². The lowest BCUT2D eigenvalue weighted by atomic mass is 9.68. The molecule has 2 saturated carbocycles. The van der Waals surface area contributed by atoms with Gasteiger partial charge in [-0.25, -0.2) is 0 Å². The average molecular weight is 395 g/mol. The third-order valence-corrected chi connectivity index (χ3v) is 7.48. The zero-order valence-corrected chi connectivity index (χ0v) is 18.8. The Morgan fingerprint density at radius 1 is 0.793 bits per heavy atom. The van der Waals surface area contributed by atoms with Gasteiger partial charge in [-0.2, -0.15) is 0 Å². The molecular weight excluding hydrogens is 352 g/mol. The third-order valence-electron chi connectivity index (χ3n) is 7.48. The lowest BCUT2D eigenvalue weighted by Crippen LogP contribution is -2.25. The number of rotatable bonds is 9. The molecule has 3 rings (SSSR count). The normalized spacial score (nSPS) is 28.3. The van der Waals surface area contributed by atoms with Crippen LogP contribution in [0.25, 0.3) is 0 Å². The van der Waals surface area contributed by atoms with Gasteiger partial charge in [0, 0.05) is 0 Å². The predicted octanol–water partition coefficient (Wildman–Crippen LogP) is 8.22. The fourth-order valence-electron chi connectivity index (χ4n) is 5.60. The minimum absolute atomic E-state index is 0.708. The van der Waals surface area contributed by atoms with Gasteiger partial charge in [-0.3, -0.25) is 0 Å². The van der Waals surface area contributed by atoms with Crippen molar-refractivity contribution < 1.29 is 4.74 Å². The molecule has 1 nitrogen and oxygen atoms in total. The first-order chi connectivity index (χ1) is 14.3. The topological polar surface area (TPSA) is 9.23 Å². The SMILES string of the molecule is CC=CCOCc1ccc(C2CCC(C3CCC(CC/C=C/C)CC3)CC2)cc1. The van der Waals surface area contributed by atoms with Crippen molar-refractivity contribution in [2.24, 2.45) is 17.8 Å². The highest BCUT2D eigenvalue weighted by atomic mass is 16.5. The number of allylic oxidation sites excluding steroid dienone is 3. The molecule has 0 heterocycles. The van der Waals surface area contributed by atoms with Gasteiger partial charge in [0.15, 0.2) is 0 Å². The monoisotopic (exact) mass is 394 g/mol. The van der Waals surface area contributed by atoms with Gasteiger partial charge in [-0.15, -0.1) is 0 Å². The Bertz CT molecular complexity index is 610. The van der Waals surface area contributed by atoms with Gasteiger partial charge in [-0.05, 0) is 100 Å². The first-order valence-electron chi connectivity index (χ1n) is 12.2. The van der Waals surface area contributed by atoms with Crippen LogP contribution in [0.3, 0.4) is 0 Å². The van der Waals surface area contributed by atoms with E-state index in [0.29, 0.717) is 6.61 Å². The van der Waals surface area contributed by atoms with Crippen molar-refractivity contribution in [2.45, 2.75) is 90.6 Å². The zero-order chi connectivity index (χ0) is 20.3. The van der Waals surface area contributed by atoms with Gasteiger partial charge in [-0.1, -0.05) is 61.4 Å². The summed E-state index contributed by atoms with van der Waals surface area (Å²) in [6.45, 7) is 5.60. The van der Waals surface area contributed by atoms with Gasteiger partial charge in [0.2, 0.25) is 0 Å². The number of hydrogen-bond donors (Lipinski definition) is 0. The lowest BCUT2D eigenvalue weighted by Gasteiger charge is -2.38. The van der Waals surface area contributed by atoms with Crippen molar-refractivity contribution in [3.05, 3.63) is 59.7 Å². The van der Waals surface area contributed by atoms with Crippen LogP contribution in [0, 0.1) is 17.8 Å². The second-order valence-corrected chi connectivity index (χ2v) is 9.36. The fourth-order valence-corrected chi connectivity index (χ4v) is 5.60. The molecule has 1 aromatic rings. The Kier molecular flexibility index (Phi) is 9.54. The Morgan fingerprint density at radius 3 is 2.03 bits per heavy atom. The quantitative estimate of drug-likeness (QED) is 0.303. The first kappa shape index (κ1) is 22.3. The summed E-state index contributed by atoms with van der Waals surface area (Å²) in [5, 5.41) is 0. The largest absolute Gasteiger partial charge is 0.373 e. The second kappa shape index (κ2) is 12.4. The molecule has 0 unspecified atom stereocenters. The molecule has 2 aliphatic carbocycles. The Balaban J connectivity index is 1.38. The molecule has 0 radical (unpaired) electrons. The molecule has 1 heteroatoms. The smallest absolute Gasteiger partial charge is 0.0721 e. The van der Waals surface area contributed by atoms with Crippen molar-refractivity contribution >= 4 is 0 Å². The van der Waals surface area contributed by atoms with E-state index in [1.807, 2.05) is 13.0 Å². The Labute approximate surface area is 179 Å². The van der Waals surface area contributed by atoms with Crippen LogP contribution in [0.15, 0.2) is 48.6 Å². The molecule has 0 spiro atoms. The highest BCUT2D eigenvalue weighted by molar-refractivity contribution is 5.25. The van der Waals surface area contributed by atoms with E-state index in [1.165, 1.54) is 69.8 Å². The molecule has 0 aromatic heterocycles. The minimum atomic E-state index is 0.708. The van der Waals surface area contributed by atoms with Crippen molar-refractivity contribution in [3.63, 3.8) is 0 Å². The van der Waals surface area contributed by atoms with Gasteiger partial charge in [0.1, 0.15) is 0 Å². The van der Waals surface area contributed by atoms with E-state index in [4.69, 9.17) is 4.74 Å². The van der Waals surface area contributed by atoms with Gasteiger partial charge < -0.3 is 4.74 Å². The van der Waals surface area contributed by atoms with Gasteiger partial charge in [0.25, 0.3) is 0 Å². The maximum Gasteiger partial charge on any atom is 0.0721 e. The summed E-state index contributed by atoms with van der Waals surface area (Å²) >= 11 is 0. The minimum Gasteiger partial charge on any atom is -0.373 e. The predicted molar refractivity (Wildman–Crippen MR) is 125 cm³/mol. The summed E-state index contributed by atoms with van der Waals surface area (Å²) in [6, 6.07) is 9.25. The lowest BCUT2D eigenvalue weighted by molar-refractivity contribution is 0.148. The third kappa shape index (κ3) is 7.14. The summed E-state index contributed by atoms with van der Waals surface area (Å²) in [5.74, 6) is 3.80. The molecule has 0 N–H and O–H groups in total. The van der Waals surface area contributed by atoms with Crippen LogP contribution >= 0.6 is 0 Å². The van der Waals surface area contributed by atoms with Gasteiger partial charge in [0.05, 0.1) is 13.2 Å². The molecule has 1 aromatic carbocycles. The Hall–Kier alpha value is -1.34. The standard InChI is InChI=1S/C28H42O/c1-3-5-7-8-23-9-13-25(14-10-23)27-17-19-28(20-18-27)26-15-11-24(12-16-26)22-29-21-6-4-2/h3-6,11-12,15-16,23,25,27-28H,7-10,13-14,17-22H2,1-2H3/b5-3+,6-4?. The molecule has 0 bridgehead atoms. The molecule has 0 atom stereocenters. The first-order valence-corrected chi connectivity index (χ1v) is 12.2. The maximum atomic E-state index is 5.67. The molecule has 2 aliphatic rings. The molecule has 160 valence electrons. The molecule has 29 heavy (non-hydrogen) atoms. The number of hydrogen-bond acceptors (Lipinski definition) is 1. The molecular formula is C28H42O. The summed E-state index contributed by atoms with van der Waals surface area (Å²) < 4.78 is 5.67. The zero-order valence-electron chi connectivity index (χ0n) is 18.8. The van der Waals surface area contributed by atoms with E-state index < -0.39 is 0 Å². The van der Waals surface area contributed by atoms with Crippen molar-refractivity contribution in [1.29, 1.82) is 0 Å². The highest BCUT2D eigenvalue weighted by Gasteiger charge is 2.31. The summed E-state index contributed by atoms with van der Waals surface area (Å²) in [7, 11) is 0. The van der Waals surface area contributed by atoms with Crippen molar-refractivity contribution in [2.75, 3.05) is 6.61 Å². The van der Waals surface area contributed by atoms with Crippen LogP contribution in [0.2, 0.25) is 0 Å². The van der Waals surface area contributed by atoms with E-state index >= 15 is 0 Å². The maximum absolute atomic E-state index is 5.67. The van der Waals surface area contributed by atoms with E-state index in [-0.39, 0.29) is 0 Å². The summed E-state index contributed by atoms with van der Waals surface area (Å²) in [4.78, 5) is 0. The summed E-state index contributed by atoms with van der Waals surface area (Å²) in [5.41, 5.74) is 2.84. The van der Waals surface area contributed by atoms with Crippen LogP contribution in [0.5, 0.6) is 0 Å². The summed E-state index contributed by atoms with van der Waals surface area (Å²) in [6.07, 6.45) is 23.0. The number of ether oxygens (including phenoxy) is 1. The van der Waals surface area contributed by atoms with Crippen LogP contribution in [-0.2, 0) is 11.3 Å². The van der Waals surface area contributed by atoms with E-state index in [0.717, 1.165) is 30.3 Å². The molecule has 0 aliphatic heterocycles. The molecule has 2 fully saturated rings. The second-order valence-electron chi connectivity index (χ2n) is 9.36. The average Bonchev–Trinajstić information content (AvgIpc) is 2.78.